The van der Waals surface area contributed by atoms with Gasteiger partial charge in [0.2, 0.25) is 0 Å². The summed E-state index contributed by atoms with van der Waals surface area (Å²) in [6.07, 6.45) is 0. The van der Waals surface area contributed by atoms with Crippen molar-refractivity contribution in [1.82, 2.24) is 4.98 Å². The van der Waals surface area contributed by atoms with Crippen LogP contribution >= 0.6 is 11.3 Å². The second kappa shape index (κ2) is 5.93. The number of ether oxygens (including phenoxy) is 1. The summed E-state index contributed by atoms with van der Waals surface area (Å²) >= 11 is 1.38. The van der Waals surface area contributed by atoms with Crippen LogP contribution in [-0.2, 0) is 0 Å². The molecule has 0 aliphatic carbocycles. The normalized spacial score (nSPS) is 10.5. The Morgan fingerprint density at radius 3 is 2.76 bits per heavy atom. The van der Waals surface area contributed by atoms with Gasteiger partial charge in [0.15, 0.2) is 5.01 Å². The average Bonchev–Trinajstić information content (AvgIpc) is 2.93. The van der Waals surface area contributed by atoms with Crippen molar-refractivity contribution in [2.24, 2.45) is 0 Å². The molecule has 2 aromatic carbocycles. The lowest BCUT2D eigenvalue weighted by Gasteiger charge is -2.09. The third kappa shape index (κ3) is 2.87. The highest BCUT2D eigenvalue weighted by Gasteiger charge is 2.14. The quantitative estimate of drug-likeness (QED) is 0.793. The molecular formula is C16H14N2O2S. The van der Waals surface area contributed by atoms with Gasteiger partial charge in [-0.25, -0.2) is 4.98 Å². The number of hydrogen-bond acceptors (Lipinski definition) is 4. The van der Waals surface area contributed by atoms with Crippen LogP contribution in [0, 0.1) is 0 Å². The molecule has 0 bridgehead atoms. The molecule has 3 aromatic rings. The molecule has 0 saturated carbocycles. The van der Waals surface area contributed by atoms with Crippen LogP contribution in [0.4, 0.5) is 5.69 Å². The Balaban J connectivity index is 1.86. The molecule has 1 amide bonds. The van der Waals surface area contributed by atoms with Crippen molar-refractivity contribution in [3.63, 3.8) is 0 Å². The van der Waals surface area contributed by atoms with Gasteiger partial charge in [-0.05, 0) is 31.2 Å². The predicted molar refractivity (Wildman–Crippen MR) is 85.2 cm³/mol. The zero-order chi connectivity index (χ0) is 14.7. The lowest BCUT2D eigenvalue weighted by Crippen LogP contribution is -2.12. The Morgan fingerprint density at radius 2 is 1.95 bits per heavy atom. The number of carbonyl (C=O) groups is 1. The smallest absolute Gasteiger partial charge is 0.284 e. The van der Waals surface area contributed by atoms with E-state index >= 15 is 0 Å². The SMILES string of the molecule is CCOc1ccccc1NC(=O)c1nc2ccccc2s1. The first-order valence-electron chi connectivity index (χ1n) is 6.66. The summed E-state index contributed by atoms with van der Waals surface area (Å²) in [7, 11) is 0. The Kier molecular flexibility index (Phi) is 3.83. The van der Waals surface area contributed by atoms with Gasteiger partial charge in [-0.15, -0.1) is 11.3 Å². The monoisotopic (exact) mass is 298 g/mol. The van der Waals surface area contributed by atoms with Crippen LogP contribution in [0.3, 0.4) is 0 Å². The van der Waals surface area contributed by atoms with Gasteiger partial charge in [-0.2, -0.15) is 0 Å². The zero-order valence-corrected chi connectivity index (χ0v) is 12.3. The Bertz CT molecular complexity index is 750. The van der Waals surface area contributed by atoms with Gasteiger partial charge in [-0.3, -0.25) is 4.79 Å². The first kappa shape index (κ1) is 13.6. The fraction of sp³-hybridized carbons (Fsp3) is 0.125. The number of para-hydroxylation sites is 3. The third-order valence-corrected chi connectivity index (χ3v) is 3.96. The van der Waals surface area contributed by atoms with E-state index in [4.69, 9.17) is 4.74 Å². The van der Waals surface area contributed by atoms with Crippen molar-refractivity contribution in [2.75, 3.05) is 11.9 Å². The van der Waals surface area contributed by atoms with Gasteiger partial charge in [-0.1, -0.05) is 24.3 Å². The maximum absolute atomic E-state index is 12.3. The minimum absolute atomic E-state index is 0.219. The number of thiazole rings is 1. The van der Waals surface area contributed by atoms with Gasteiger partial charge < -0.3 is 10.1 Å². The molecular weight excluding hydrogens is 284 g/mol. The van der Waals surface area contributed by atoms with Crippen molar-refractivity contribution in [3.05, 3.63) is 53.5 Å². The van der Waals surface area contributed by atoms with E-state index in [1.54, 1.807) is 0 Å². The lowest BCUT2D eigenvalue weighted by atomic mass is 10.3. The van der Waals surface area contributed by atoms with Crippen LogP contribution < -0.4 is 10.1 Å². The number of rotatable bonds is 4. The summed E-state index contributed by atoms with van der Waals surface area (Å²) < 4.78 is 6.50. The maximum Gasteiger partial charge on any atom is 0.284 e. The van der Waals surface area contributed by atoms with E-state index in [2.05, 4.69) is 10.3 Å². The van der Waals surface area contributed by atoms with Crippen LogP contribution in [0.5, 0.6) is 5.75 Å². The summed E-state index contributed by atoms with van der Waals surface area (Å²) in [4.78, 5) is 16.7. The van der Waals surface area contributed by atoms with Gasteiger partial charge in [0.25, 0.3) is 5.91 Å². The number of hydrogen-bond donors (Lipinski definition) is 1. The predicted octanol–water partition coefficient (Wildman–Crippen LogP) is 3.95. The van der Waals surface area contributed by atoms with E-state index in [0.717, 1.165) is 10.2 Å². The molecule has 21 heavy (non-hydrogen) atoms. The second-order valence-corrected chi connectivity index (χ2v) is 5.40. The highest BCUT2D eigenvalue weighted by Crippen LogP contribution is 2.26. The van der Waals surface area contributed by atoms with Crippen LogP contribution in [-0.4, -0.2) is 17.5 Å². The molecule has 1 aromatic heterocycles. The van der Waals surface area contributed by atoms with Crippen molar-refractivity contribution >= 4 is 33.1 Å². The van der Waals surface area contributed by atoms with Gasteiger partial charge in [0.1, 0.15) is 5.75 Å². The van der Waals surface area contributed by atoms with Crippen LogP contribution in [0.1, 0.15) is 16.7 Å². The van der Waals surface area contributed by atoms with E-state index in [1.807, 2.05) is 55.5 Å². The molecule has 1 N–H and O–H groups in total. The Labute approximate surface area is 126 Å². The summed E-state index contributed by atoms with van der Waals surface area (Å²) in [5.41, 5.74) is 1.49. The average molecular weight is 298 g/mol. The number of nitrogens with zero attached hydrogens (tertiary/aromatic N) is 1. The number of fused-ring (bicyclic) bond motifs is 1. The standard InChI is InChI=1S/C16H14N2O2S/c1-2-20-13-9-5-3-7-11(13)17-15(19)16-18-12-8-4-6-10-14(12)21-16/h3-10H,2H2,1H3,(H,17,19). The minimum atomic E-state index is -0.219. The van der Waals surface area contributed by atoms with Gasteiger partial charge in [0, 0.05) is 0 Å². The molecule has 3 rings (SSSR count). The van der Waals surface area contributed by atoms with Crippen LogP contribution in [0.25, 0.3) is 10.2 Å². The van der Waals surface area contributed by atoms with Crippen molar-refractivity contribution in [3.8, 4) is 5.75 Å². The Hall–Kier alpha value is -2.40. The molecule has 5 heteroatoms. The highest BCUT2D eigenvalue weighted by molar-refractivity contribution is 7.20. The number of amides is 1. The fourth-order valence-corrected chi connectivity index (χ4v) is 2.86. The highest BCUT2D eigenvalue weighted by atomic mass is 32.1. The number of benzene rings is 2. The first-order chi connectivity index (χ1) is 10.3. The Morgan fingerprint density at radius 1 is 1.19 bits per heavy atom. The number of nitrogens with one attached hydrogen (secondary N) is 1. The summed E-state index contributed by atoms with van der Waals surface area (Å²) in [5, 5.41) is 3.30. The maximum atomic E-state index is 12.3. The minimum Gasteiger partial charge on any atom is -0.492 e. The molecule has 0 aliphatic rings. The largest absolute Gasteiger partial charge is 0.492 e. The molecule has 106 valence electrons. The zero-order valence-electron chi connectivity index (χ0n) is 11.5. The topological polar surface area (TPSA) is 51.2 Å². The molecule has 0 saturated heterocycles. The lowest BCUT2D eigenvalue weighted by molar-refractivity contribution is 0.102. The van der Waals surface area contributed by atoms with E-state index in [9.17, 15) is 4.79 Å². The van der Waals surface area contributed by atoms with Crippen LogP contribution in [0.2, 0.25) is 0 Å². The molecule has 0 unspecified atom stereocenters. The number of carbonyl (C=O) groups excluding carboxylic acids is 1. The number of anilines is 1. The second-order valence-electron chi connectivity index (χ2n) is 4.37. The van der Waals surface area contributed by atoms with Gasteiger partial charge in [0.05, 0.1) is 22.5 Å². The molecule has 1 heterocycles. The molecule has 0 aliphatic heterocycles. The molecule has 0 radical (unpaired) electrons. The van der Waals surface area contributed by atoms with Crippen molar-refractivity contribution in [2.45, 2.75) is 6.92 Å². The van der Waals surface area contributed by atoms with Crippen molar-refractivity contribution in [1.29, 1.82) is 0 Å². The van der Waals surface area contributed by atoms with E-state index < -0.39 is 0 Å². The number of aromatic nitrogens is 1. The molecule has 0 fully saturated rings. The van der Waals surface area contributed by atoms with Crippen LogP contribution in [0.15, 0.2) is 48.5 Å². The molecule has 0 spiro atoms. The first-order valence-corrected chi connectivity index (χ1v) is 7.48. The summed E-state index contributed by atoms with van der Waals surface area (Å²) in [6, 6.07) is 15.1. The molecule has 4 nitrogen and oxygen atoms in total. The van der Waals surface area contributed by atoms with Gasteiger partial charge >= 0.3 is 0 Å². The fourth-order valence-electron chi connectivity index (χ4n) is 2.00. The van der Waals surface area contributed by atoms with E-state index in [0.29, 0.717) is 23.1 Å². The third-order valence-electron chi connectivity index (χ3n) is 2.92. The van der Waals surface area contributed by atoms with E-state index in [1.165, 1.54) is 11.3 Å². The molecule has 0 atom stereocenters. The summed E-state index contributed by atoms with van der Waals surface area (Å²) in [5.74, 6) is 0.442. The van der Waals surface area contributed by atoms with E-state index in [-0.39, 0.29) is 5.91 Å². The summed E-state index contributed by atoms with van der Waals surface area (Å²) in [6.45, 7) is 2.46. The van der Waals surface area contributed by atoms with Crippen molar-refractivity contribution < 1.29 is 9.53 Å².